The second-order valence-corrected chi connectivity index (χ2v) is 5.01. The molecule has 1 aromatic carbocycles. The molecule has 21 heavy (non-hydrogen) atoms. The van der Waals surface area contributed by atoms with Gasteiger partial charge in [0.1, 0.15) is 0 Å². The maximum absolute atomic E-state index is 12.5. The summed E-state index contributed by atoms with van der Waals surface area (Å²) >= 11 is 10.9. The van der Waals surface area contributed by atoms with Gasteiger partial charge in [-0.25, -0.2) is 0 Å². The number of aromatic amines is 1. The summed E-state index contributed by atoms with van der Waals surface area (Å²) in [6.07, 6.45) is -2.64. The molecule has 0 aliphatic rings. The SMILES string of the molecule is FC(F)(F)c1ccc(NC(=S)NCc2ccc[nH]2)c(Cl)c1. The van der Waals surface area contributed by atoms with Crippen molar-refractivity contribution >= 4 is 34.6 Å². The average Bonchev–Trinajstić information content (AvgIpc) is 2.91. The van der Waals surface area contributed by atoms with Crippen molar-refractivity contribution in [2.75, 3.05) is 5.32 Å². The predicted octanol–water partition coefficient (Wildman–Crippen LogP) is 4.17. The van der Waals surface area contributed by atoms with Crippen LogP contribution in [0.1, 0.15) is 11.3 Å². The smallest absolute Gasteiger partial charge is 0.364 e. The summed E-state index contributed by atoms with van der Waals surface area (Å²) in [5.74, 6) is 0. The third-order valence-electron chi connectivity index (χ3n) is 2.65. The van der Waals surface area contributed by atoms with Crippen LogP contribution in [0.2, 0.25) is 5.02 Å². The molecule has 0 unspecified atom stereocenters. The van der Waals surface area contributed by atoms with Crippen LogP contribution in [0.25, 0.3) is 0 Å². The highest BCUT2D eigenvalue weighted by Gasteiger charge is 2.30. The first kappa shape index (κ1) is 15.7. The van der Waals surface area contributed by atoms with Crippen LogP contribution < -0.4 is 10.6 Å². The van der Waals surface area contributed by atoms with Crippen molar-refractivity contribution in [2.45, 2.75) is 12.7 Å². The second-order valence-electron chi connectivity index (χ2n) is 4.20. The highest BCUT2D eigenvalue weighted by Crippen LogP contribution is 2.33. The summed E-state index contributed by atoms with van der Waals surface area (Å²) in [7, 11) is 0. The predicted molar refractivity (Wildman–Crippen MR) is 80.3 cm³/mol. The fraction of sp³-hybridized carbons (Fsp3) is 0.154. The number of hydrogen-bond donors (Lipinski definition) is 3. The number of hydrogen-bond acceptors (Lipinski definition) is 1. The van der Waals surface area contributed by atoms with Crippen LogP contribution >= 0.6 is 23.8 Å². The Kier molecular flexibility index (Phi) is 4.74. The molecule has 0 atom stereocenters. The lowest BCUT2D eigenvalue weighted by Gasteiger charge is -2.13. The fourth-order valence-corrected chi connectivity index (χ4v) is 2.02. The lowest BCUT2D eigenvalue weighted by Crippen LogP contribution is -2.28. The minimum Gasteiger partial charge on any atom is -0.364 e. The van der Waals surface area contributed by atoms with E-state index in [1.54, 1.807) is 6.20 Å². The van der Waals surface area contributed by atoms with Crippen LogP contribution in [0.5, 0.6) is 0 Å². The van der Waals surface area contributed by atoms with Crippen LogP contribution in [0.4, 0.5) is 18.9 Å². The van der Waals surface area contributed by atoms with E-state index in [4.69, 9.17) is 23.8 Å². The Labute approximate surface area is 129 Å². The van der Waals surface area contributed by atoms with Crippen LogP contribution in [0, 0.1) is 0 Å². The molecule has 0 saturated carbocycles. The number of thiocarbonyl (C=S) groups is 1. The topological polar surface area (TPSA) is 39.8 Å². The number of H-pyrrole nitrogens is 1. The molecule has 0 radical (unpaired) electrons. The van der Waals surface area contributed by atoms with Crippen molar-refractivity contribution in [3.05, 3.63) is 52.8 Å². The summed E-state index contributed by atoms with van der Waals surface area (Å²) in [4.78, 5) is 2.99. The van der Waals surface area contributed by atoms with E-state index < -0.39 is 11.7 Å². The van der Waals surface area contributed by atoms with Gasteiger partial charge in [0, 0.05) is 11.9 Å². The van der Waals surface area contributed by atoms with Crippen LogP contribution in [-0.2, 0) is 12.7 Å². The molecule has 0 bridgehead atoms. The van der Waals surface area contributed by atoms with Crippen molar-refractivity contribution in [3.8, 4) is 0 Å². The van der Waals surface area contributed by atoms with E-state index in [2.05, 4.69) is 15.6 Å². The number of anilines is 1. The van der Waals surface area contributed by atoms with Gasteiger partial charge in [0.15, 0.2) is 5.11 Å². The molecule has 3 nitrogen and oxygen atoms in total. The van der Waals surface area contributed by atoms with Crippen molar-refractivity contribution in [2.24, 2.45) is 0 Å². The molecule has 3 N–H and O–H groups in total. The highest BCUT2D eigenvalue weighted by atomic mass is 35.5. The highest BCUT2D eigenvalue weighted by molar-refractivity contribution is 7.80. The van der Waals surface area contributed by atoms with Crippen LogP contribution in [0.3, 0.4) is 0 Å². The van der Waals surface area contributed by atoms with E-state index >= 15 is 0 Å². The van der Waals surface area contributed by atoms with Crippen LogP contribution in [0.15, 0.2) is 36.5 Å². The molecule has 1 heterocycles. The van der Waals surface area contributed by atoms with Gasteiger partial charge < -0.3 is 15.6 Å². The van der Waals surface area contributed by atoms with E-state index in [0.717, 1.165) is 17.8 Å². The lowest BCUT2D eigenvalue weighted by atomic mass is 10.2. The fourth-order valence-electron chi connectivity index (χ4n) is 1.61. The zero-order valence-corrected chi connectivity index (χ0v) is 12.2. The van der Waals surface area contributed by atoms with E-state index in [9.17, 15) is 13.2 Å². The minimum atomic E-state index is -4.42. The Morgan fingerprint density at radius 1 is 1.29 bits per heavy atom. The molecule has 0 aliphatic carbocycles. The second kappa shape index (κ2) is 6.36. The van der Waals surface area contributed by atoms with Gasteiger partial charge >= 0.3 is 6.18 Å². The monoisotopic (exact) mass is 333 g/mol. The molecule has 2 aromatic rings. The molecule has 0 fully saturated rings. The Bertz CT molecular complexity index is 626. The Morgan fingerprint density at radius 2 is 2.05 bits per heavy atom. The van der Waals surface area contributed by atoms with E-state index in [-0.39, 0.29) is 10.1 Å². The summed E-state index contributed by atoms with van der Waals surface area (Å²) in [6.45, 7) is 0.469. The first-order chi connectivity index (χ1) is 9.86. The van der Waals surface area contributed by atoms with Gasteiger partial charge in [-0.1, -0.05) is 11.6 Å². The maximum Gasteiger partial charge on any atom is 0.416 e. The number of alkyl halides is 3. The third kappa shape index (κ3) is 4.37. The summed E-state index contributed by atoms with van der Waals surface area (Å²) < 4.78 is 37.6. The quantitative estimate of drug-likeness (QED) is 0.738. The molecule has 8 heteroatoms. The molecule has 0 spiro atoms. The van der Waals surface area contributed by atoms with Gasteiger partial charge in [0.05, 0.1) is 22.8 Å². The van der Waals surface area contributed by atoms with E-state index in [0.29, 0.717) is 12.2 Å². The molecular weight excluding hydrogens is 323 g/mol. The molecule has 2 rings (SSSR count). The van der Waals surface area contributed by atoms with Gasteiger partial charge in [0.25, 0.3) is 0 Å². The molecular formula is C13H11ClF3N3S. The number of nitrogens with one attached hydrogen (secondary N) is 3. The summed E-state index contributed by atoms with van der Waals surface area (Å²) in [5, 5.41) is 5.89. The molecule has 1 aromatic heterocycles. The van der Waals surface area contributed by atoms with Crippen LogP contribution in [-0.4, -0.2) is 10.1 Å². The van der Waals surface area contributed by atoms with Crippen molar-refractivity contribution in [3.63, 3.8) is 0 Å². The van der Waals surface area contributed by atoms with Gasteiger partial charge in [-0.15, -0.1) is 0 Å². The molecule has 0 amide bonds. The Hall–Kier alpha value is -1.73. The molecule has 112 valence electrons. The number of benzene rings is 1. The lowest BCUT2D eigenvalue weighted by molar-refractivity contribution is -0.137. The number of aromatic nitrogens is 1. The standard InChI is InChI=1S/C13H11ClF3N3S/c14-10-6-8(13(15,16)17)3-4-11(10)20-12(21)19-7-9-2-1-5-18-9/h1-6,18H,7H2,(H2,19,20,21). The third-order valence-corrected chi connectivity index (χ3v) is 3.21. The zero-order valence-electron chi connectivity index (χ0n) is 10.6. The van der Waals surface area contributed by atoms with E-state index in [1.165, 1.54) is 6.07 Å². The minimum absolute atomic E-state index is 0.0474. The first-order valence-electron chi connectivity index (χ1n) is 5.90. The molecule has 0 aliphatic heterocycles. The van der Waals surface area contributed by atoms with Gasteiger partial charge in [-0.05, 0) is 42.5 Å². The van der Waals surface area contributed by atoms with Gasteiger partial charge in [-0.3, -0.25) is 0 Å². The van der Waals surface area contributed by atoms with Gasteiger partial charge in [0.2, 0.25) is 0 Å². The maximum atomic E-state index is 12.5. The summed E-state index contributed by atoms with van der Waals surface area (Å²) in [6, 6.07) is 6.77. The van der Waals surface area contributed by atoms with Crippen molar-refractivity contribution < 1.29 is 13.2 Å². The molecule has 0 saturated heterocycles. The Morgan fingerprint density at radius 3 is 2.62 bits per heavy atom. The largest absolute Gasteiger partial charge is 0.416 e. The van der Waals surface area contributed by atoms with E-state index in [1.807, 2.05) is 12.1 Å². The number of halogens is 4. The number of rotatable bonds is 3. The van der Waals surface area contributed by atoms with Gasteiger partial charge in [-0.2, -0.15) is 13.2 Å². The Balaban J connectivity index is 1.97. The average molecular weight is 334 g/mol. The zero-order chi connectivity index (χ0) is 15.5. The normalized spacial score (nSPS) is 11.2. The summed E-state index contributed by atoms with van der Waals surface area (Å²) in [5.41, 5.74) is 0.439. The van der Waals surface area contributed by atoms with Crippen molar-refractivity contribution in [1.82, 2.24) is 10.3 Å². The van der Waals surface area contributed by atoms with Crippen molar-refractivity contribution in [1.29, 1.82) is 0 Å². The first-order valence-corrected chi connectivity index (χ1v) is 6.69.